The third-order valence-electron chi connectivity index (χ3n) is 2.60. The van der Waals surface area contributed by atoms with Gasteiger partial charge < -0.3 is 43.8 Å². The lowest BCUT2D eigenvalue weighted by atomic mass is 10.4. The summed E-state index contributed by atoms with van der Waals surface area (Å²) in [5.41, 5.74) is 21.9. The Balaban J connectivity index is 4.73. The van der Waals surface area contributed by atoms with E-state index in [0.29, 0.717) is 11.8 Å². The van der Waals surface area contributed by atoms with Crippen LogP contribution in [0, 0.1) is 0 Å². The highest BCUT2D eigenvalue weighted by Gasteiger charge is 2.14. The molecule has 0 aromatic rings. The van der Waals surface area contributed by atoms with E-state index in [-0.39, 0.29) is 49.5 Å². The molecule has 0 aliphatic heterocycles. The summed E-state index contributed by atoms with van der Waals surface area (Å²) in [6, 6.07) is 0. The van der Waals surface area contributed by atoms with Gasteiger partial charge in [0.2, 0.25) is 0 Å². The molecule has 0 amide bonds. The molecule has 25 heavy (non-hydrogen) atoms. The van der Waals surface area contributed by atoms with Gasteiger partial charge in [0.15, 0.2) is 23.3 Å². The van der Waals surface area contributed by atoms with Crippen molar-refractivity contribution in [3.8, 4) is 0 Å². The Bertz CT molecular complexity index is 428. The Hall–Kier alpha value is -2.65. The summed E-state index contributed by atoms with van der Waals surface area (Å²) in [6.45, 7) is 0.334. The molecule has 0 atom stereocenters. The van der Waals surface area contributed by atoms with Gasteiger partial charge in [0.25, 0.3) is 0 Å². The van der Waals surface area contributed by atoms with Crippen LogP contribution in [0.25, 0.3) is 0 Å². The van der Waals surface area contributed by atoms with Crippen molar-refractivity contribution in [2.45, 2.75) is 0 Å². The first-order valence-corrected chi connectivity index (χ1v) is 7.89. The fraction of sp³-hybridized carbons (Fsp3) is 0.600. The molecule has 0 fully saturated rings. The van der Waals surface area contributed by atoms with E-state index in [9.17, 15) is 0 Å². The number of hydrogen-bond acceptors (Lipinski definition) is 11. The van der Waals surface area contributed by atoms with Gasteiger partial charge in [-0.05, 0) is 0 Å². The normalized spacial score (nSPS) is 14.5. The highest BCUT2D eigenvalue weighted by atomic mass is 32.2. The van der Waals surface area contributed by atoms with Crippen LogP contribution in [0.1, 0.15) is 0 Å². The SMILES string of the molecule is NC(CN(CSCN(CC(N)=NO)C/C(N)=N\O)C/C(N)=N/O)=NO. The van der Waals surface area contributed by atoms with Gasteiger partial charge in [0.1, 0.15) is 0 Å². The maximum Gasteiger partial charge on any atom is 0.153 e. The summed E-state index contributed by atoms with van der Waals surface area (Å²) in [7, 11) is 0. The highest BCUT2D eigenvalue weighted by molar-refractivity contribution is 7.99. The van der Waals surface area contributed by atoms with Crippen LogP contribution in [0.2, 0.25) is 0 Å². The quantitative estimate of drug-likeness (QED) is 0.0566. The number of amidine groups is 4. The molecule has 0 bridgehead atoms. The zero-order valence-electron chi connectivity index (χ0n) is 13.4. The minimum Gasteiger partial charge on any atom is -0.409 e. The van der Waals surface area contributed by atoms with Crippen LogP contribution in [0.15, 0.2) is 20.6 Å². The zero-order valence-corrected chi connectivity index (χ0v) is 14.2. The van der Waals surface area contributed by atoms with Crippen molar-refractivity contribution in [3.63, 3.8) is 0 Å². The smallest absolute Gasteiger partial charge is 0.153 e. The zero-order chi connectivity index (χ0) is 19.2. The first kappa shape index (κ1) is 22.4. The van der Waals surface area contributed by atoms with Crippen LogP contribution < -0.4 is 22.9 Å². The Kier molecular flexibility index (Phi) is 11.4. The third-order valence-corrected chi connectivity index (χ3v) is 3.70. The van der Waals surface area contributed by atoms with Crippen LogP contribution in [0.4, 0.5) is 0 Å². The summed E-state index contributed by atoms with van der Waals surface area (Å²) in [5.74, 6) is 0.533. The van der Waals surface area contributed by atoms with Crippen LogP contribution in [0.5, 0.6) is 0 Å². The molecule has 0 saturated heterocycles. The molecular formula is C10H24N10O4S. The van der Waals surface area contributed by atoms with Crippen molar-refractivity contribution in [2.75, 3.05) is 37.9 Å². The molecule has 12 N–H and O–H groups in total. The van der Waals surface area contributed by atoms with Gasteiger partial charge in [-0.15, -0.1) is 11.8 Å². The molecule has 0 spiro atoms. The molecule has 15 heteroatoms. The summed E-state index contributed by atoms with van der Waals surface area (Å²) in [5, 5.41) is 46.1. The largest absolute Gasteiger partial charge is 0.409 e. The number of nitrogens with two attached hydrogens (primary N) is 4. The van der Waals surface area contributed by atoms with E-state index >= 15 is 0 Å². The van der Waals surface area contributed by atoms with Gasteiger partial charge in [0, 0.05) is 11.8 Å². The van der Waals surface area contributed by atoms with E-state index in [2.05, 4.69) is 20.6 Å². The second kappa shape index (κ2) is 12.7. The van der Waals surface area contributed by atoms with Crippen molar-refractivity contribution >= 4 is 35.1 Å². The average molecular weight is 380 g/mol. The first-order valence-electron chi connectivity index (χ1n) is 6.74. The lowest BCUT2D eigenvalue weighted by Crippen LogP contribution is -2.42. The fourth-order valence-electron chi connectivity index (χ4n) is 1.64. The Morgan fingerprint density at radius 3 is 1.04 bits per heavy atom. The van der Waals surface area contributed by atoms with E-state index in [1.54, 1.807) is 9.80 Å². The fourth-order valence-corrected chi connectivity index (χ4v) is 2.60. The highest BCUT2D eigenvalue weighted by Crippen LogP contribution is 2.07. The van der Waals surface area contributed by atoms with E-state index in [0.717, 1.165) is 0 Å². The second-order valence-corrected chi connectivity index (χ2v) is 5.73. The Morgan fingerprint density at radius 2 is 0.840 bits per heavy atom. The van der Waals surface area contributed by atoms with Crippen LogP contribution in [-0.4, -0.2) is 91.9 Å². The van der Waals surface area contributed by atoms with Crippen molar-refractivity contribution in [2.24, 2.45) is 43.6 Å². The second-order valence-electron chi connectivity index (χ2n) is 4.80. The van der Waals surface area contributed by atoms with Crippen LogP contribution in [0.3, 0.4) is 0 Å². The molecule has 0 rings (SSSR count). The molecule has 0 heterocycles. The molecule has 0 radical (unpaired) electrons. The average Bonchev–Trinajstić information content (AvgIpc) is 2.60. The Morgan fingerprint density at radius 1 is 0.600 bits per heavy atom. The summed E-state index contributed by atoms with van der Waals surface area (Å²) < 4.78 is 0. The lowest BCUT2D eigenvalue weighted by molar-refractivity contribution is 0.305. The standard InChI is InChI=1S/C10H24N10O4S/c11-7(15-21)1-19(2-8(12)16-22)5-25-6-20(3-9(13)17-23)4-10(14)18-24/h21-24H,1-6H2,(H2,11,15)(H2,12,16)(H2,13,17)(H2,14,18). The van der Waals surface area contributed by atoms with Crippen molar-refractivity contribution in [3.05, 3.63) is 0 Å². The summed E-state index contributed by atoms with van der Waals surface area (Å²) in [4.78, 5) is 3.31. The summed E-state index contributed by atoms with van der Waals surface area (Å²) in [6.07, 6.45) is 0. The predicted octanol–water partition coefficient (Wildman–Crippen LogP) is -2.78. The molecular weight excluding hydrogens is 356 g/mol. The topological polar surface area (TPSA) is 241 Å². The molecule has 0 aromatic heterocycles. The van der Waals surface area contributed by atoms with Gasteiger partial charge in [-0.1, -0.05) is 20.6 Å². The van der Waals surface area contributed by atoms with Crippen LogP contribution in [-0.2, 0) is 0 Å². The van der Waals surface area contributed by atoms with Gasteiger partial charge in [-0.2, -0.15) is 0 Å². The molecule has 0 aliphatic carbocycles. The molecule has 0 aliphatic rings. The van der Waals surface area contributed by atoms with E-state index in [4.69, 9.17) is 43.8 Å². The predicted molar refractivity (Wildman–Crippen MR) is 94.1 cm³/mol. The van der Waals surface area contributed by atoms with Gasteiger partial charge in [-0.25, -0.2) is 0 Å². The summed E-state index contributed by atoms with van der Waals surface area (Å²) >= 11 is 1.36. The molecule has 0 unspecified atom stereocenters. The molecule has 0 aromatic carbocycles. The molecule has 14 nitrogen and oxygen atoms in total. The maximum absolute atomic E-state index is 8.65. The van der Waals surface area contributed by atoms with Gasteiger partial charge >= 0.3 is 0 Å². The number of rotatable bonds is 12. The van der Waals surface area contributed by atoms with E-state index < -0.39 is 0 Å². The maximum atomic E-state index is 8.65. The van der Waals surface area contributed by atoms with Crippen molar-refractivity contribution in [1.29, 1.82) is 0 Å². The third kappa shape index (κ3) is 10.7. The van der Waals surface area contributed by atoms with E-state index in [1.165, 1.54) is 11.8 Å². The molecule has 0 saturated carbocycles. The van der Waals surface area contributed by atoms with E-state index in [1.807, 2.05) is 0 Å². The van der Waals surface area contributed by atoms with Gasteiger partial charge in [0.05, 0.1) is 26.2 Å². The first-order chi connectivity index (χ1) is 11.9. The number of thioether (sulfide) groups is 1. The van der Waals surface area contributed by atoms with Crippen molar-refractivity contribution < 1.29 is 20.8 Å². The monoisotopic (exact) mass is 380 g/mol. The minimum absolute atomic E-state index is 0.0449. The number of nitrogens with zero attached hydrogens (tertiary/aromatic N) is 6. The Labute approximate surface area is 148 Å². The molecule has 144 valence electrons. The van der Waals surface area contributed by atoms with Crippen molar-refractivity contribution in [1.82, 2.24) is 9.80 Å². The minimum atomic E-state index is -0.0449. The lowest BCUT2D eigenvalue weighted by Gasteiger charge is -2.24. The number of hydrogen-bond donors (Lipinski definition) is 8. The van der Waals surface area contributed by atoms with Crippen LogP contribution >= 0.6 is 11.8 Å². The van der Waals surface area contributed by atoms with Gasteiger partial charge in [-0.3, -0.25) is 9.80 Å². The number of oxime groups is 4.